The van der Waals surface area contributed by atoms with Crippen LogP contribution in [0.4, 0.5) is 0 Å². The van der Waals surface area contributed by atoms with Gasteiger partial charge in [-0.15, -0.1) is 0 Å². The fourth-order valence-electron chi connectivity index (χ4n) is 2.30. The predicted molar refractivity (Wildman–Crippen MR) is 100 cm³/mol. The molecule has 2 aromatic rings. The van der Waals surface area contributed by atoms with Gasteiger partial charge in [-0.05, 0) is 70.0 Å². The molecule has 0 saturated heterocycles. The first-order valence-corrected chi connectivity index (χ1v) is 8.59. The highest BCUT2D eigenvalue weighted by Crippen LogP contribution is 2.18. The van der Waals surface area contributed by atoms with Gasteiger partial charge in [-0.1, -0.05) is 23.8 Å². The zero-order valence-corrected chi connectivity index (χ0v) is 15.6. The van der Waals surface area contributed by atoms with Crippen LogP contribution in [0.15, 0.2) is 42.5 Å². The molecule has 0 aliphatic rings. The quantitative estimate of drug-likeness (QED) is 0.829. The van der Waals surface area contributed by atoms with Crippen LogP contribution in [0.1, 0.15) is 30.5 Å². The van der Waals surface area contributed by atoms with E-state index in [1.54, 1.807) is 6.92 Å². The van der Waals surface area contributed by atoms with Crippen LogP contribution < -0.4 is 14.8 Å². The predicted octanol–water partition coefficient (Wildman–Crippen LogP) is 3.96. The van der Waals surface area contributed by atoms with E-state index in [4.69, 9.17) is 9.47 Å². The molecule has 0 saturated carbocycles. The van der Waals surface area contributed by atoms with Crippen molar-refractivity contribution < 1.29 is 14.3 Å². The van der Waals surface area contributed by atoms with E-state index in [1.807, 2.05) is 70.2 Å². The molecule has 0 spiro atoms. The lowest BCUT2D eigenvalue weighted by Gasteiger charge is -2.19. The zero-order valence-electron chi connectivity index (χ0n) is 15.6. The number of amides is 1. The summed E-state index contributed by atoms with van der Waals surface area (Å²) < 4.78 is 11.4. The first-order chi connectivity index (χ1) is 11.8. The van der Waals surface area contributed by atoms with E-state index in [-0.39, 0.29) is 11.9 Å². The van der Waals surface area contributed by atoms with Gasteiger partial charge in [0.05, 0.1) is 6.04 Å². The highest BCUT2D eigenvalue weighted by atomic mass is 16.5. The molecule has 0 aromatic heterocycles. The molecule has 2 atom stereocenters. The van der Waals surface area contributed by atoms with Gasteiger partial charge < -0.3 is 14.8 Å². The summed E-state index contributed by atoms with van der Waals surface area (Å²) in [6.45, 7) is 10.2. The van der Waals surface area contributed by atoms with Gasteiger partial charge in [-0.2, -0.15) is 0 Å². The number of carbonyl (C=O) groups is 1. The number of hydrogen-bond acceptors (Lipinski definition) is 3. The van der Waals surface area contributed by atoms with Gasteiger partial charge in [0.1, 0.15) is 18.1 Å². The molecule has 25 heavy (non-hydrogen) atoms. The highest BCUT2D eigenvalue weighted by Gasteiger charge is 2.17. The average Bonchev–Trinajstić information content (AvgIpc) is 2.57. The van der Waals surface area contributed by atoms with E-state index >= 15 is 0 Å². The zero-order chi connectivity index (χ0) is 18.4. The Morgan fingerprint density at radius 3 is 2.24 bits per heavy atom. The van der Waals surface area contributed by atoms with Crippen LogP contribution in [-0.2, 0) is 4.79 Å². The van der Waals surface area contributed by atoms with E-state index in [9.17, 15) is 4.79 Å². The number of nitrogens with one attached hydrogen (secondary N) is 1. The van der Waals surface area contributed by atoms with Crippen molar-refractivity contribution in [2.75, 3.05) is 6.61 Å². The highest BCUT2D eigenvalue weighted by molar-refractivity contribution is 5.81. The second-order valence-electron chi connectivity index (χ2n) is 6.54. The Labute approximate surface area is 150 Å². The van der Waals surface area contributed by atoms with Gasteiger partial charge in [-0.25, -0.2) is 0 Å². The molecule has 0 aliphatic heterocycles. The molecule has 0 aliphatic carbocycles. The number of ether oxygens (including phenoxy) is 2. The topological polar surface area (TPSA) is 47.6 Å². The Morgan fingerprint density at radius 2 is 1.60 bits per heavy atom. The van der Waals surface area contributed by atoms with E-state index < -0.39 is 6.10 Å². The summed E-state index contributed by atoms with van der Waals surface area (Å²) in [5.74, 6) is 1.35. The molecule has 1 amide bonds. The van der Waals surface area contributed by atoms with Crippen molar-refractivity contribution in [2.45, 2.75) is 46.8 Å². The average molecular weight is 341 g/mol. The van der Waals surface area contributed by atoms with E-state index in [0.29, 0.717) is 12.4 Å². The minimum Gasteiger partial charge on any atom is -0.491 e. The standard InChI is InChI=1S/C21H27NO3/c1-14-6-9-19(10-7-14)24-13-17(4)22-21(23)18(5)25-20-11-8-15(2)16(3)12-20/h6-12,17-18H,13H2,1-5H3,(H,22,23)/t17-,18-/m0/s1. The third-order valence-corrected chi connectivity index (χ3v) is 4.07. The SMILES string of the molecule is Cc1ccc(OC[C@H](C)NC(=O)[C@H](C)Oc2ccc(C)c(C)c2)cc1. The van der Waals surface area contributed by atoms with Crippen LogP contribution in [0.5, 0.6) is 11.5 Å². The Bertz CT molecular complexity index is 710. The molecule has 134 valence electrons. The molecule has 0 radical (unpaired) electrons. The monoisotopic (exact) mass is 341 g/mol. The lowest BCUT2D eigenvalue weighted by molar-refractivity contribution is -0.128. The van der Waals surface area contributed by atoms with Crippen LogP contribution in [0.3, 0.4) is 0 Å². The Morgan fingerprint density at radius 1 is 0.960 bits per heavy atom. The molecule has 2 rings (SSSR count). The maximum atomic E-state index is 12.3. The number of aryl methyl sites for hydroxylation is 3. The third kappa shape index (κ3) is 5.82. The molecule has 0 fully saturated rings. The number of rotatable bonds is 7. The largest absolute Gasteiger partial charge is 0.491 e. The smallest absolute Gasteiger partial charge is 0.261 e. The normalized spacial score (nSPS) is 13.0. The van der Waals surface area contributed by atoms with Crippen molar-refractivity contribution in [3.63, 3.8) is 0 Å². The van der Waals surface area contributed by atoms with Crippen LogP contribution in [0.2, 0.25) is 0 Å². The van der Waals surface area contributed by atoms with Crippen molar-refractivity contribution in [3.05, 3.63) is 59.2 Å². The second kappa shape index (κ2) is 8.56. The van der Waals surface area contributed by atoms with Gasteiger partial charge >= 0.3 is 0 Å². The van der Waals surface area contributed by atoms with E-state index in [2.05, 4.69) is 5.32 Å². The molecular formula is C21H27NO3. The Hall–Kier alpha value is -2.49. The second-order valence-corrected chi connectivity index (χ2v) is 6.54. The molecule has 1 N–H and O–H groups in total. The summed E-state index contributed by atoms with van der Waals surface area (Å²) in [4.78, 5) is 12.3. The van der Waals surface area contributed by atoms with Crippen LogP contribution in [0, 0.1) is 20.8 Å². The summed E-state index contributed by atoms with van der Waals surface area (Å²) in [5.41, 5.74) is 3.53. The number of hydrogen-bond donors (Lipinski definition) is 1. The van der Waals surface area contributed by atoms with Gasteiger partial charge in [0, 0.05) is 0 Å². The first kappa shape index (κ1) is 18.8. The Kier molecular flexibility index (Phi) is 6.45. The molecule has 4 nitrogen and oxygen atoms in total. The van der Waals surface area contributed by atoms with Crippen molar-refractivity contribution >= 4 is 5.91 Å². The van der Waals surface area contributed by atoms with E-state index in [1.165, 1.54) is 11.1 Å². The summed E-state index contributed by atoms with van der Waals surface area (Å²) in [5, 5.41) is 2.92. The molecular weight excluding hydrogens is 314 g/mol. The van der Waals surface area contributed by atoms with Gasteiger partial charge in [0.15, 0.2) is 6.10 Å². The molecule has 4 heteroatoms. The van der Waals surface area contributed by atoms with Crippen molar-refractivity contribution in [1.82, 2.24) is 5.32 Å². The van der Waals surface area contributed by atoms with E-state index in [0.717, 1.165) is 11.3 Å². The fraction of sp³-hybridized carbons (Fsp3) is 0.381. The van der Waals surface area contributed by atoms with Gasteiger partial charge in [-0.3, -0.25) is 4.79 Å². The van der Waals surface area contributed by atoms with Gasteiger partial charge in [0.2, 0.25) is 0 Å². The molecule has 0 heterocycles. The fourth-order valence-corrected chi connectivity index (χ4v) is 2.30. The first-order valence-electron chi connectivity index (χ1n) is 8.59. The maximum Gasteiger partial charge on any atom is 0.261 e. The van der Waals surface area contributed by atoms with Crippen molar-refractivity contribution in [1.29, 1.82) is 0 Å². The van der Waals surface area contributed by atoms with Crippen LogP contribution in [0.25, 0.3) is 0 Å². The maximum absolute atomic E-state index is 12.3. The number of benzene rings is 2. The summed E-state index contributed by atoms with van der Waals surface area (Å²) >= 11 is 0. The third-order valence-electron chi connectivity index (χ3n) is 4.07. The lowest BCUT2D eigenvalue weighted by atomic mass is 10.1. The van der Waals surface area contributed by atoms with Gasteiger partial charge in [0.25, 0.3) is 5.91 Å². The lowest BCUT2D eigenvalue weighted by Crippen LogP contribution is -2.43. The Balaban J connectivity index is 1.81. The van der Waals surface area contributed by atoms with Crippen LogP contribution >= 0.6 is 0 Å². The van der Waals surface area contributed by atoms with Crippen LogP contribution in [-0.4, -0.2) is 24.7 Å². The minimum absolute atomic E-state index is 0.111. The number of carbonyl (C=O) groups excluding carboxylic acids is 1. The summed E-state index contributed by atoms with van der Waals surface area (Å²) in [6.07, 6.45) is -0.566. The summed E-state index contributed by atoms with van der Waals surface area (Å²) in [7, 11) is 0. The van der Waals surface area contributed by atoms with Crippen molar-refractivity contribution in [3.8, 4) is 11.5 Å². The summed E-state index contributed by atoms with van der Waals surface area (Å²) in [6, 6.07) is 13.6. The van der Waals surface area contributed by atoms with Crippen molar-refractivity contribution in [2.24, 2.45) is 0 Å². The molecule has 0 unspecified atom stereocenters. The minimum atomic E-state index is -0.566. The molecule has 2 aromatic carbocycles. The molecule has 0 bridgehead atoms.